The molecule has 0 aromatic heterocycles. The summed E-state index contributed by atoms with van der Waals surface area (Å²) < 4.78 is 5.36. The zero-order valence-electron chi connectivity index (χ0n) is 17.0. The van der Waals surface area contributed by atoms with E-state index in [9.17, 15) is 9.59 Å². The van der Waals surface area contributed by atoms with Crippen molar-refractivity contribution in [1.29, 1.82) is 0 Å². The molecule has 3 rings (SSSR count). The lowest BCUT2D eigenvalue weighted by Crippen LogP contribution is -2.54. The second-order valence-corrected chi connectivity index (χ2v) is 9.24. The quantitative estimate of drug-likeness (QED) is 0.758. The first-order chi connectivity index (χ1) is 13.4. The lowest BCUT2D eigenvalue weighted by Gasteiger charge is -2.39. The molecule has 7 heteroatoms. The van der Waals surface area contributed by atoms with E-state index in [0.717, 1.165) is 49.4 Å². The fourth-order valence-electron chi connectivity index (χ4n) is 3.88. The van der Waals surface area contributed by atoms with Gasteiger partial charge in [0.25, 0.3) is 0 Å². The predicted octanol–water partition coefficient (Wildman–Crippen LogP) is 2.03. The summed E-state index contributed by atoms with van der Waals surface area (Å²) in [5, 5.41) is 6.61. The zero-order valence-corrected chi connectivity index (χ0v) is 17.8. The van der Waals surface area contributed by atoms with Crippen LogP contribution in [0.15, 0.2) is 24.3 Å². The Bertz CT molecular complexity index is 702. The highest BCUT2D eigenvalue weighted by atomic mass is 32.2. The standard InChI is InChI=1S/C21H31N3O3S/c1-15(2)20(26)24-12-9-21(10-13-24)23-17(14-28-21)19(25)22-11-8-16-6-4-5-7-18(16)27-3/h4-7,15,17,23H,8-14H2,1-3H3,(H,22,25). The van der Waals surface area contributed by atoms with Gasteiger partial charge in [-0.05, 0) is 30.9 Å². The Morgan fingerprint density at radius 2 is 2.04 bits per heavy atom. The molecule has 1 aromatic carbocycles. The number of methoxy groups -OCH3 is 1. The van der Waals surface area contributed by atoms with Crippen LogP contribution in [-0.4, -0.2) is 60.1 Å². The third kappa shape index (κ3) is 4.81. The first-order valence-corrected chi connectivity index (χ1v) is 11.0. The molecule has 2 fully saturated rings. The lowest BCUT2D eigenvalue weighted by molar-refractivity contribution is -0.136. The molecule has 1 spiro atoms. The van der Waals surface area contributed by atoms with E-state index in [1.54, 1.807) is 7.11 Å². The van der Waals surface area contributed by atoms with Crippen molar-refractivity contribution in [2.24, 2.45) is 5.92 Å². The minimum atomic E-state index is -0.171. The van der Waals surface area contributed by atoms with Crippen LogP contribution in [-0.2, 0) is 16.0 Å². The van der Waals surface area contributed by atoms with Gasteiger partial charge < -0.3 is 15.0 Å². The molecule has 2 aliphatic heterocycles. The first-order valence-electron chi connectivity index (χ1n) is 10.0. The summed E-state index contributed by atoms with van der Waals surface area (Å²) >= 11 is 1.83. The minimum Gasteiger partial charge on any atom is -0.496 e. The Morgan fingerprint density at radius 1 is 1.32 bits per heavy atom. The van der Waals surface area contributed by atoms with E-state index in [-0.39, 0.29) is 28.6 Å². The van der Waals surface area contributed by atoms with Crippen LogP contribution < -0.4 is 15.4 Å². The number of amides is 2. The van der Waals surface area contributed by atoms with Gasteiger partial charge in [0.2, 0.25) is 11.8 Å². The van der Waals surface area contributed by atoms with Gasteiger partial charge in [-0.2, -0.15) is 0 Å². The highest BCUT2D eigenvalue weighted by molar-refractivity contribution is 8.01. The number of nitrogens with zero attached hydrogens (tertiary/aromatic N) is 1. The summed E-state index contributed by atoms with van der Waals surface area (Å²) in [6, 6.07) is 7.72. The summed E-state index contributed by atoms with van der Waals surface area (Å²) in [6.45, 7) is 6.01. The van der Waals surface area contributed by atoms with E-state index in [2.05, 4.69) is 10.6 Å². The third-order valence-corrected chi connectivity index (χ3v) is 7.12. The fourth-order valence-corrected chi connectivity index (χ4v) is 5.30. The average molecular weight is 406 g/mol. The lowest BCUT2D eigenvalue weighted by atomic mass is 10.0. The number of ether oxygens (including phenoxy) is 1. The molecular formula is C21H31N3O3S. The molecule has 6 nitrogen and oxygen atoms in total. The summed E-state index contributed by atoms with van der Waals surface area (Å²) in [5.41, 5.74) is 1.10. The van der Waals surface area contributed by atoms with Gasteiger partial charge in [0.05, 0.1) is 18.0 Å². The van der Waals surface area contributed by atoms with E-state index in [4.69, 9.17) is 4.74 Å². The molecule has 0 aliphatic carbocycles. The Labute approximate surface area is 171 Å². The van der Waals surface area contributed by atoms with Crippen molar-refractivity contribution in [3.8, 4) is 5.75 Å². The van der Waals surface area contributed by atoms with Crippen LogP contribution in [0.5, 0.6) is 5.75 Å². The number of thioether (sulfide) groups is 1. The van der Waals surface area contributed by atoms with Gasteiger partial charge >= 0.3 is 0 Å². The largest absolute Gasteiger partial charge is 0.496 e. The van der Waals surface area contributed by atoms with Crippen LogP contribution in [0, 0.1) is 5.92 Å². The predicted molar refractivity (Wildman–Crippen MR) is 112 cm³/mol. The zero-order chi connectivity index (χ0) is 20.1. The van der Waals surface area contributed by atoms with Crippen LogP contribution in [0.2, 0.25) is 0 Å². The molecule has 0 saturated carbocycles. The van der Waals surface area contributed by atoms with Gasteiger partial charge in [-0.15, -0.1) is 11.8 Å². The molecule has 1 atom stereocenters. The van der Waals surface area contributed by atoms with Gasteiger partial charge in [0, 0.05) is 31.3 Å². The van der Waals surface area contributed by atoms with Gasteiger partial charge in [0.15, 0.2) is 0 Å². The van der Waals surface area contributed by atoms with Crippen LogP contribution in [0.1, 0.15) is 32.3 Å². The van der Waals surface area contributed by atoms with Gasteiger partial charge in [0.1, 0.15) is 5.75 Å². The summed E-state index contributed by atoms with van der Waals surface area (Å²) in [6.07, 6.45) is 2.52. The maximum atomic E-state index is 12.6. The van der Waals surface area contributed by atoms with Crippen LogP contribution in [0.4, 0.5) is 0 Å². The Hall–Kier alpha value is -1.73. The van der Waals surface area contributed by atoms with Crippen molar-refractivity contribution in [3.63, 3.8) is 0 Å². The van der Waals surface area contributed by atoms with Crippen LogP contribution in [0.25, 0.3) is 0 Å². The molecule has 154 valence electrons. The fraction of sp³-hybridized carbons (Fsp3) is 0.619. The molecule has 2 heterocycles. The van der Waals surface area contributed by atoms with Crippen molar-refractivity contribution < 1.29 is 14.3 Å². The van der Waals surface area contributed by atoms with Crippen LogP contribution >= 0.6 is 11.8 Å². The summed E-state index contributed by atoms with van der Waals surface area (Å²) in [4.78, 5) is 26.7. The van der Waals surface area contributed by atoms with Crippen molar-refractivity contribution in [1.82, 2.24) is 15.5 Å². The minimum absolute atomic E-state index is 0.0417. The van der Waals surface area contributed by atoms with Crippen molar-refractivity contribution in [2.75, 3.05) is 32.5 Å². The molecule has 2 N–H and O–H groups in total. The average Bonchev–Trinajstić information content (AvgIpc) is 3.12. The Kier molecular flexibility index (Phi) is 6.88. The summed E-state index contributed by atoms with van der Waals surface area (Å²) in [7, 11) is 1.66. The number of carbonyl (C=O) groups is 2. The molecular weight excluding hydrogens is 374 g/mol. The number of para-hydroxylation sites is 1. The van der Waals surface area contributed by atoms with Crippen molar-refractivity contribution in [3.05, 3.63) is 29.8 Å². The van der Waals surface area contributed by atoms with Gasteiger partial charge in [-0.1, -0.05) is 32.0 Å². The molecule has 2 saturated heterocycles. The number of carbonyl (C=O) groups excluding carboxylic acids is 2. The molecule has 28 heavy (non-hydrogen) atoms. The molecule has 2 aliphatic rings. The number of likely N-dealkylation sites (tertiary alicyclic amines) is 1. The maximum Gasteiger partial charge on any atom is 0.238 e. The normalized spacial score (nSPS) is 21.1. The molecule has 0 bridgehead atoms. The van der Waals surface area contributed by atoms with Crippen molar-refractivity contribution in [2.45, 2.75) is 44.0 Å². The third-order valence-electron chi connectivity index (χ3n) is 5.54. The number of rotatable bonds is 6. The second-order valence-electron chi connectivity index (χ2n) is 7.84. The second kappa shape index (κ2) is 9.18. The topological polar surface area (TPSA) is 70.7 Å². The molecule has 1 aromatic rings. The van der Waals surface area contributed by atoms with E-state index < -0.39 is 0 Å². The number of hydrogen-bond donors (Lipinski definition) is 2. The van der Waals surface area contributed by atoms with Crippen molar-refractivity contribution >= 4 is 23.6 Å². The SMILES string of the molecule is COc1ccccc1CCNC(=O)C1CSC2(CCN(C(=O)C(C)C)CC2)N1. The highest BCUT2D eigenvalue weighted by Gasteiger charge is 2.44. The highest BCUT2D eigenvalue weighted by Crippen LogP contribution is 2.39. The number of hydrogen-bond acceptors (Lipinski definition) is 5. The first kappa shape index (κ1) is 21.0. The monoisotopic (exact) mass is 405 g/mol. The van der Waals surface area contributed by atoms with E-state index >= 15 is 0 Å². The van der Waals surface area contributed by atoms with Gasteiger partial charge in [-0.3, -0.25) is 14.9 Å². The molecule has 2 amide bonds. The van der Waals surface area contributed by atoms with E-state index in [1.807, 2.05) is 54.8 Å². The van der Waals surface area contributed by atoms with E-state index in [0.29, 0.717) is 6.54 Å². The Balaban J connectivity index is 1.45. The number of benzene rings is 1. The molecule has 0 radical (unpaired) electrons. The van der Waals surface area contributed by atoms with Gasteiger partial charge in [-0.25, -0.2) is 0 Å². The smallest absolute Gasteiger partial charge is 0.238 e. The van der Waals surface area contributed by atoms with Crippen LogP contribution in [0.3, 0.4) is 0 Å². The Morgan fingerprint density at radius 3 is 2.71 bits per heavy atom. The number of piperidine rings is 1. The number of nitrogens with one attached hydrogen (secondary N) is 2. The van der Waals surface area contributed by atoms with E-state index in [1.165, 1.54) is 0 Å². The molecule has 1 unspecified atom stereocenters. The summed E-state index contributed by atoms with van der Waals surface area (Å²) in [5.74, 6) is 1.95. The maximum absolute atomic E-state index is 12.6.